The Labute approximate surface area is 150 Å². The van der Waals surface area contributed by atoms with Gasteiger partial charge in [0.05, 0.1) is 0 Å². The number of pyridine rings is 1. The minimum Gasteiger partial charge on any atom is -0.350 e. The van der Waals surface area contributed by atoms with Gasteiger partial charge in [-0.1, -0.05) is 18.9 Å². The van der Waals surface area contributed by atoms with Gasteiger partial charge in [0.1, 0.15) is 5.54 Å². The van der Waals surface area contributed by atoms with Crippen LogP contribution in [0, 0.1) is 0 Å². The first-order valence-corrected chi connectivity index (χ1v) is 9.95. The van der Waals surface area contributed by atoms with Crippen LogP contribution in [0.4, 0.5) is 0 Å². The number of amides is 1. The van der Waals surface area contributed by atoms with Crippen LogP contribution >= 0.6 is 0 Å². The standard InChI is InChI=1S/C20H30N4O/c25-19(22-14-16-6-5-10-21-13-16)20-9-3-4-11-24(20)15-18(12-20)23-17-7-1-2-8-17/h5-6,10,13,17-18,23H,1-4,7-9,11-12,14-15H2,(H,22,25)/t18-,20+/m0/s1. The van der Waals surface area contributed by atoms with Crippen molar-refractivity contribution in [1.82, 2.24) is 20.5 Å². The van der Waals surface area contributed by atoms with Crippen LogP contribution in [-0.4, -0.2) is 46.5 Å². The summed E-state index contributed by atoms with van der Waals surface area (Å²) in [4.78, 5) is 19.8. The molecule has 0 spiro atoms. The molecule has 0 unspecified atom stereocenters. The van der Waals surface area contributed by atoms with E-state index in [4.69, 9.17) is 0 Å². The number of piperidine rings is 1. The summed E-state index contributed by atoms with van der Waals surface area (Å²) in [5.41, 5.74) is 0.768. The maximum Gasteiger partial charge on any atom is 0.240 e. The van der Waals surface area contributed by atoms with Gasteiger partial charge in [0.15, 0.2) is 0 Å². The molecule has 2 atom stereocenters. The number of aromatic nitrogens is 1. The van der Waals surface area contributed by atoms with Gasteiger partial charge in [-0.3, -0.25) is 14.7 Å². The average molecular weight is 342 g/mol. The lowest BCUT2D eigenvalue weighted by molar-refractivity contribution is -0.134. The molecule has 136 valence electrons. The van der Waals surface area contributed by atoms with Gasteiger partial charge in [0, 0.05) is 37.6 Å². The van der Waals surface area contributed by atoms with E-state index < -0.39 is 0 Å². The number of carbonyl (C=O) groups is 1. The Balaban J connectivity index is 1.41. The Hall–Kier alpha value is -1.46. The van der Waals surface area contributed by atoms with Crippen molar-refractivity contribution in [3.8, 4) is 0 Å². The van der Waals surface area contributed by atoms with Crippen molar-refractivity contribution in [3.63, 3.8) is 0 Å². The first-order chi connectivity index (χ1) is 12.3. The van der Waals surface area contributed by atoms with Crippen molar-refractivity contribution in [1.29, 1.82) is 0 Å². The average Bonchev–Trinajstić information content (AvgIpc) is 3.28. The summed E-state index contributed by atoms with van der Waals surface area (Å²) in [6, 6.07) is 5.07. The normalized spacial score (nSPS) is 30.3. The Bertz CT molecular complexity index is 587. The maximum atomic E-state index is 13.2. The molecule has 3 fully saturated rings. The molecule has 2 N–H and O–H groups in total. The number of nitrogens with one attached hydrogen (secondary N) is 2. The lowest BCUT2D eigenvalue weighted by Gasteiger charge is -2.40. The fourth-order valence-corrected chi connectivity index (χ4v) is 5.06. The van der Waals surface area contributed by atoms with Crippen LogP contribution in [0.25, 0.3) is 0 Å². The number of hydrogen-bond donors (Lipinski definition) is 2. The highest BCUT2D eigenvalue weighted by atomic mass is 16.2. The first-order valence-electron chi connectivity index (χ1n) is 9.95. The second-order valence-electron chi connectivity index (χ2n) is 8.03. The second-order valence-corrected chi connectivity index (χ2v) is 8.03. The largest absolute Gasteiger partial charge is 0.350 e. The molecule has 4 rings (SSSR count). The van der Waals surface area contributed by atoms with Gasteiger partial charge in [-0.2, -0.15) is 0 Å². The fourth-order valence-electron chi connectivity index (χ4n) is 5.06. The van der Waals surface area contributed by atoms with Crippen LogP contribution in [0.1, 0.15) is 56.9 Å². The molecule has 3 heterocycles. The lowest BCUT2D eigenvalue weighted by Crippen LogP contribution is -2.57. The number of rotatable bonds is 5. The molecule has 3 aliphatic rings. The molecule has 0 aromatic carbocycles. The van der Waals surface area contributed by atoms with Crippen molar-refractivity contribution in [3.05, 3.63) is 30.1 Å². The minimum atomic E-state index is -0.295. The summed E-state index contributed by atoms with van der Waals surface area (Å²) in [5, 5.41) is 7.05. The Morgan fingerprint density at radius 1 is 1.24 bits per heavy atom. The number of fused-ring (bicyclic) bond motifs is 1. The van der Waals surface area contributed by atoms with E-state index in [0.717, 1.165) is 37.9 Å². The predicted molar refractivity (Wildman–Crippen MR) is 98.0 cm³/mol. The van der Waals surface area contributed by atoms with Crippen molar-refractivity contribution in [2.24, 2.45) is 0 Å². The molecule has 2 saturated heterocycles. The van der Waals surface area contributed by atoms with Gasteiger partial charge in [0.25, 0.3) is 0 Å². The molecule has 1 aromatic rings. The van der Waals surface area contributed by atoms with E-state index in [2.05, 4.69) is 20.5 Å². The second kappa shape index (κ2) is 7.42. The van der Waals surface area contributed by atoms with Crippen molar-refractivity contribution >= 4 is 5.91 Å². The van der Waals surface area contributed by atoms with Crippen molar-refractivity contribution < 1.29 is 4.79 Å². The molecule has 1 amide bonds. The van der Waals surface area contributed by atoms with Gasteiger partial charge < -0.3 is 10.6 Å². The lowest BCUT2D eigenvalue weighted by atomic mass is 9.84. The summed E-state index contributed by atoms with van der Waals surface area (Å²) in [6.07, 6.45) is 13.2. The van der Waals surface area contributed by atoms with Crippen LogP contribution in [0.5, 0.6) is 0 Å². The van der Waals surface area contributed by atoms with E-state index in [1.54, 1.807) is 6.20 Å². The summed E-state index contributed by atoms with van der Waals surface area (Å²) < 4.78 is 0. The molecule has 5 nitrogen and oxygen atoms in total. The smallest absolute Gasteiger partial charge is 0.240 e. The molecule has 25 heavy (non-hydrogen) atoms. The molecule has 1 aromatic heterocycles. The van der Waals surface area contributed by atoms with E-state index in [-0.39, 0.29) is 11.4 Å². The van der Waals surface area contributed by atoms with Crippen LogP contribution < -0.4 is 10.6 Å². The predicted octanol–water partition coefficient (Wildman–Crippen LogP) is 2.23. The van der Waals surface area contributed by atoms with E-state index in [1.165, 1.54) is 32.1 Å². The summed E-state index contributed by atoms with van der Waals surface area (Å²) in [5.74, 6) is 0.215. The number of carbonyl (C=O) groups excluding carboxylic acids is 1. The highest BCUT2D eigenvalue weighted by Crippen LogP contribution is 2.38. The number of nitrogens with zero attached hydrogens (tertiary/aromatic N) is 2. The zero-order valence-electron chi connectivity index (χ0n) is 15.0. The van der Waals surface area contributed by atoms with Crippen LogP contribution in [-0.2, 0) is 11.3 Å². The summed E-state index contributed by atoms with van der Waals surface area (Å²) in [7, 11) is 0. The zero-order valence-corrected chi connectivity index (χ0v) is 15.0. The van der Waals surface area contributed by atoms with E-state index in [0.29, 0.717) is 18.6 Å². The molecular weight excluding hydrogens is 312 g/mol. The van der Waals surface area contributed by atoms with Crippen LogP contribution in [0.15, 0.2) is 24.5 Å². The first kappa shape index (κ1) is 17.0. The molecule has 1 saturated carbocycles. The van der Waals surface area contributed by atoms with Crippen LogP contribution in [0.3, 0.4) is 0 Å². The Morgan fingerprint density at radius 2 is 2.12 bits per heavy atom. The van der Waals surface area contributed by atoms with Gasteiger partial charge in [-0.25, -0.2) is 0 Å². The van der Waals surface area contributed by atoms with Gasteiger partial charge in [0.2, 0.25) is 5.91 Å². The van der Waals surface area contributed by atoms with Gasteiger partial charge in [-0.15, -0.1) is 0 Å². The third kappa shape index (κ3) is 3.58. The fraction of sp³-hybridized carbons (Fsp3) is 0.700. The maximum absolute atomic E-state index is 13.2. The van der Waals surface area contributed by atoms with Gasteiger partial charge >= 0.3 is 0 Å². The topological polar surface area (TPSA) is 57.3 Å². The monoisotopic (exact) mass is 342 g/mol. The Morgan fingerprint density at radius 3 is 2.92 bits per heavy atom. The molecule has 0 bridgehead atoms. The van der Waals surface area contributed by atoms with Crippen molar-refractivity contribution in [2.75, 3.05) is 13.1 Å². The highest BCUT2D eigenvalue weighted by Gasteiger charge is 2.51. The Kier molecular flexibility index (Phi) is 5.04. The SMILES string of the molecule is O=C(NCc1cccnc1)[C@]12CCCCN1C[C@@H](NC1CCCC1)C2. The number of hydrogen-bond acceptors (Lipinski definition) is 4. The molecular formula is C20H30N4O. The van der Waals surface area contributed by atoms with E-state index >= 15 is 0 Å². The third-order valence-corrected chi connectivity index (χ3v) is 6.32. The molecule has 5 heteroatoms. The molecule has 1 aliphatic carbocycles. The highest BCUT2D eigenvalue weighted by molar-refractivity contribution is 5.87. The van der Waals surface area contributed by atoms with Crippen LogP contribution in [0.2, 0.25) is 0 Å². The summed E-state index contributed by atoms with van der Waals surface area (Å²) in [6.45, 7) is 2.66. The minimum absolute atomic E-state index is 0.215. The zero-order chi connectivity index (χ0) is 17.1. The molecule has 0 radical (unpaired) electrons. The van der Waals surface area contributed by atoms with Gasteiger partial charge in [-0.05, 0) is 56.7 Å². The van der Waals surface area contributed by atoms with Crippen molar-refractivity contribution in [2.45, 2.75) is 75.5 Å². The van der Waals surface area contributed by atoms with E-state index in [9.17, 15) is 4.79 Å². The van der Waals surface area contributed by atoms with E-state index in [1.807, 2.05) is 18.3 Å². The third-order valence-electron chi connectivity index (χ3n) is 6.32. The summed E-state index contributed by atoms with van der Waals surface area (Å²) >= 11 is 0. The quantitative estimate of drug-likeness (QED) is 0.861. The molecule has 2 aliphatic heterocycles.